The van der Waals surface area contributed by atoms with Crippen molar-refractivity contribution in [2.75, 3.05) is 10.6 Å². The number of anilines is 2. The molecule has 0 radical (unpaired) electrons. The third kappa shape index (κ3) is 2.58. The molecule has 2 aromatic rings. The monoisotopic (exact) mass is 430 g/mol. The summed E-state index contributed by atoms with van der Waals surface area (Å²) in [5.41, 5.74) is 2.64. The van der Waals surface area contributed by atoms with Crippen LogP contribution < -0.4 is 10.6 Å². The molecule has 0 spiro atoms. The summed E-state index contributed by atoms with van der Waals surface area (Å²) in [6, 6.07) is 16.3. The highest BCUT2D eigenvalue weighted by Gasteiger charge is 2.78. The van der Waals surface area contributed by atoms with Crippen LogP contribution in [0.5, 0.6) is 0 Å². The van der Waals surface area contributed by atoms with Crippen LogP contribution in [0.4, 0.5) is 11.4 Å². The molecule has 0 unspecified atom stereocenters. The third-order valence-corrected chi connectivity index (χ3v) is 8.11. The standard InChI is InChI=1S/C26H30N4O2/c1-16(31)27-20-10-5-8-18(14-20)25-22-12-7-13-23(22)26(30-29-25,24(25,3)4)19-9-6-11-21(15-19)28-17(2)32/h5-6,8-11,14-15,22-23H,7,12-13H2,1-4H3,(H,27,31)(H,28,32)/t22-,23+,25-,26+. The smallest absolute Gasteiger partial charge is 0.221 e. The topological polar surface area (TPSA) is 82.9 Å². The minimum Gasteiger partial charge on any atom is -0.326 e. The van der Waals surface area contributed by atoms with Gasteiger partial charge in [-0.3, -0.25) is 9.59 Å². The first-order valence-electron chi connectivity index (χ1n) is 11.4. The molecule has 6 nitrogen and oxygen atoms in total. The second-order valence-corrected chi connectivity index (χ2v) is 10.0. The fourth-order valence-electron chi connectivity index (χ4n) is 7.07. The molecule has 5 rings (SSSR count). The van der Waals surface area contributed by atoms with Crippen LogP contribution in [0, 0.1) is 17.3 Å². The van der Waals surface area contributed by atoms with Gasteiger partial charge in [0.15, 0.2) is 0 Å². The Morgan fingerprint density at radius 1 is 0.812 bits per heavy atom. The zero-order valence-electron chi connectivity index (χ0n) is 19.1. The van der Waals surface area contributed by atoms with E-state index in [0.717, 1.165) is 41.8 Å². The van der Waals surface area contributed by atoms with Gasteiger partial charge in [-0.05, 0) is 60.1 Å². The van der Waals surface area contributed by atoms with E-state index in [2.05, 4.69) is 48.7 Å². The van der Waals surface area contributed by atoms with Gasteiger partial charge in [0.05, 0.1) is 0 Å². The van der Waals surface area contributed by atoms with Crippen LogP contribution in [-0.4, -0.2) is 11.8 Å². The van der Waals surface area contributed by atoms with Crippen LogP contribution in [0.25, 0.3) is 0 Å². The van der Waals surface area contributed by atoms with Gasteiger partial charge >= 0.3 is 0 Å². The third-order valence-electron chi connectivity index (χ3n) is 8.11. The molecule has 32 heavy (non-hydrogen) atoms. The zero-order chi connectivity index (χ0) is 22.7. The van der Waals surface area contributed by atoms with E-state index in [1.54, 1.807) is 0 Å². The Labute approximate surface area is 188 Å². The van der Waals surface area contributed by atoms with E-state index in [0.29, 0.717) is 11.8 Å². The van der Waals surface area contributed by atoms with Crippen molar-refractivity contribution in [1.82, 2.24) is 0 Å². The number of amides is 2. The minimum absolute atomic E-state index is 0.0822. The van der Waals surface area contributed by atoms with Crippen LogP contribution >= 0.6 is 0 Å². The lowest BCUT2D eigenvalue weighted by atomic mass is 9.61. The summed E-state index contributed by atoms with van der Waals surface area (Å²) in [5.74, 6) is 0.599. The lowest BCUT2D eigenvalue weighted by molar-refractivity contribution is -0.115. The van der Waals surface area contributed by atoms with Crippen molar-refractivity contribution in [3.8, 4) is 0 Å². The van der Waals surface area contributed by atoms with E-state index in [9.17, 15) is 9.59 Å². The largest absolute Gasteiger partial charge is 0.326 e. The molecule has 0 saturated heterocycles. The van der Waals surface area contributed by atoms with Crippen LogP contribution in [0.15, 0.2) is 58.8 Å². The van der Waals surface area contributed by atoms with Crippen molar-refractivity contribution in [1.29, 1.82) is 0 Å². The summed E-state index contributed by atoms with van der Waals surface area (Å²) >= 11 is 0. The first-order valence-corrected chi connectivity index (χ1v) is 11.4. The van der Waals surface area contributed by atoms with E-state index in [-0.39, 0.29) is 17.2 Å². The quantitative estimate of drug-likeness (QED) is 0.660. The number of fused-ring (bicyclic) bond motifs is 5. The van der Waals surface area contributed by atoms with Gasteiger partial charge < -0.3 is 10.6 Å². The number of hydrogen-bond acceptors (Lipinski definition) is 4. The molecule has 2 aliphatic carbocycles. The number of benzene rings is 2. The lowest BCUT2D eigenvalue weighted by Crippen LogP contribution is -2.44. The van der Waals surface area contributed by atoms with Gasteiger partial charge in [0.1, 0.15) is 11.1 Å². The zero-order valence-corrected chi connectivity index (χ0v) is 19.1. The number of nitrogens with zero attached hydrogens (tertiary/aromatic N) is 2. The lowest BCUT2D eigenvalue weighted by Gasteiger charge is -2.42. The molecule has 2 aromatic carbocycles. The second-order valence-electron chi connectivity index (χ2n) is 10.0. The molecule has 166 valence electrons. The summed E-state index contributed by atoms with van der Waals surface area (Å²) in [7, 11) is 0. The second kappa shape index (κ2) is 6.99. The average Bonchev–Trinajstić information content (AvgIpc) is 3.34. The van der Waals surface area contributed by atoms with Gasteiger partial charge in [-0.1, -0.05) is 44.5 Å². The molecule has 2 bridgehead atoms. The van der Waals surface area contributed by atoms with Crippen LogP contribution in [0.1, 0.15) is 58.1 Å². The molecule has 0 aromatic heterocycles. The molecule has 4 atom stereocenters. The number of nitrogens with one attached hydrogen (secondary N) is 2. The number of rotatable bonds is 4. The molecule has 2 amide bonds. The first kappa shape index (κ1) is 20.9. The first-order chi connectivity index (χ1) is 15.2. The maximum atomic E-state index is 11.7. The van der Waals surface area contributed by atoms with Crippen molar-refractivity contribution < 1.29 is 9.59 Å². The molecule has 1 heterocycles. The Kier molecular flexibility index (Phi) is 4.56. The summed E-state index contributed by atoms with van der Waals surface area (Å²) in [5, 5.41) is 16.0. The highest BCUT2D eigenvalue weighted by Crippen LogP contribution is 2.77. The van der Waals surface area contributed by atoms with Gasteiger partial charge in [0, 0.05) is 30.6 Å². The number of azo groups is 1. The Hall–Kier alpha value is -3.02. The molecule has 6 heteroatoms. The Bertz CT molecular complexity index is 1050. The van der Waals surface area contributed by atoms with Crippen molar-refractivity contribution in [3.05, 3.63) is 59.7 Å². The maximum Gasteiger partial charge on any atom is 0.221 e. The van der Waals surface area contributed by atoms with Crippen molar-refractivity contribution in [2.24, 2.45) is 27.5 Å². The fourth-order valence-corrected chi connectivity index (χ4v) is 7.07. The van der Waals surface area contributed by atoms with Gasteiger partial charge in [-0.25, -0.2) is 0 Å². The van der Waals surface area contributed by atoms with Crippen molar-refractivity contribution in [3.63, 3.8) is 0 Å². The molecule has 2 N–H and O–H groups in total. The summed E-state index contributed by atoms with van der Waals surface area (Å²) in [6.07, 6.45) is 3.39. The highest BCUT2D eigenvalue weighted by molar-refractivity contribution is 5.89. The molecular weight excluding hydrogens is 400 g/mol. The molecular formula is C26H30N4O2. The van der Waals surface area contributed by atoms with Crippen LogP contribution in [0.3, 0.4) is 0 Å². The fraction of sp³-hybridized carbons (Fsp3) is 0.462. The normalized spacial score (nSPS) is 31.4. The predicted molar refractivity (Wildman–Crippen MR) is 124 cm³/mol. The maximum absolute atomic E-state index is 11.7. The van der Waals surface area contributed by atoms with Gasteiger partial charge in [-0.15, -0.1) is 0 Å². The summed E-state index contributed by atoms with van der Waals surface area (Å²) in [6.45, 7) is 7.64. The van der Waals surface area contributed by atoms with E-state index < -0.39 is 11.1 Å². The minimum atomic E-state index is -0.452. The van der Waals surface area contributed by atoms with Crippen molar-refractivity contribution in [2.45, 2.75) is 58.0 Å². The van der Waals surface area contributed by atoms with E-state index in [1.165, 1.54) is 13.8 Å². The van der Waals surface area contributed by atoms with E-state index in [4.69, 9.17) is 10.2 Å². The molecule has 2 fully saturated rings. The summed E-state index contributed by atoms with van der Waals surface area (Å²) < 4.78 is 0. The SMILES string of the molecule is CC(=O)Nc1cccc([C@@]23N=N[C@@](c4cccc(NC(C)=O)c4)([C@H]4CCC[C@H]42)C3(C)C)c1. The van der Waals surface area contributed by atoms with Crippen LogP contribution in [-0.2, 0) is 20.7 Å². The molecule has 3 aliphatic rings. The van der Waals surface area contributed by atoms with Crippen molar-refractivity contribution >= 4 is 23.2 Å². The number of carbonyl (C=O) groups excluding carboxylic acids is 2. The Morgan fingerprint density at radius 2 is 1.25 bits per heavy atom. The van der Waals surface area contributed by atoms with E-state index in [1.807, 2.05) is 24.3 Å². The highest BCUT2D eigenvalue weighted by atomic mass is 16.2. The molecule has 1 aliphatic heterocycles. The van der Waals surface area contributed by atoms with Gasteiger partial charge in [-0.2, -0.15) is 10.2 Å². The van der Waals surface area contributed by atoms with Gasteiger partial charge in [0.25, 0.3) is 0 Å². The average molecular weight is 431 g/mol. The Morgan fingerprint density at radius 3 is 1.66 bits per heavy atom. The number of hydrogen-bond donors (Lipinski definition) is 2. The number of carbonyl (C=O) groups is 2. The van der Waals surface area contributed by atoms with E-state index >= 15 is 0 Å². The summed E-state index contributed by atoms with van der Waals surface area (Å²) in [4.78, 5) is 23.3. The van der Waals surface area contributed by atoms with Gasteiger partial charge in [0.2, 0.25) is 11.8 Å². The predicted octanol–water partition coefficient (Wildman–Crippen LogP) is 5.62. The molecule has 2 saturated carbocycles. The Balaban J connectivity index is 1.67. The van der Waals surface area contributed by atoms with Crippen LogP contribution in [0.2, 0.25) is 0 Å².